The van der Waals surface area contributed by atoms with Crippen molar-refractivity contribution in [2.45, 2.75) is 6.92 Å². The standard InChI is InChI=1S/C11H14N2O/c1-3-8-13(9(2)14)11-7-5-4-6-10(11)12/h3-7H,1,8,12H2,2H3. The lowest BCUT2D eigenvalue weighted by Gasteiger charge is -2.20. The maximum atomic E-state index is 11.3. The SMILES string of the molecule is C=CCN(C(C)=O)c1ccccc1N. The van der Waals surface area contributed by atoms with E-state index in [0.717, 1.165) is 5.69 Å². The summed E-state index contributed by atoms with van der Waals surface area (Å²) in [5.74, 6) is -0.0391. The van der Waals surface area contributed by atoms with Gasteiger partial charge in [0, 0.05) is 13.5 Å². The van der Waals surface area contributed by atoms with Crippen LogP contribution in [-0.4, -0.2) is 12.5 Å². The quantitative estimate of drug-likeness (QED) is 0.583. The molecule has 3 nitrogen and oxygen atoms in total. The highest BCUT2D eigenvalue weighted by Gasteiger charge is 2.11. The van der Waals surface area contributed by atoms with E-state index < -0.39 is 0 Å². The molecule has 0 fully saturated rings. The highest BCUT2D eigenvalue weighted by atomic mass is 16.2. The van der Waals surface area contributed by atoms with Gasteiger partial charge in [0.1, 0.15) is 0 Å². The molecule has 0 saturated heterocycles. The lowest BCUT2D eigenvalue weighted by Crippen LogP contribution is -2.29. The first-order chi connectivity index (χ1) is 6.66. The van der Waals surface area contributed by atoms with Crippen molar-refractivity contribution in [3.63, 3.8) is 0 Å². The summed E-state index contributed by atoms with van der Waals surface area (Å²) in [7, 11) is 0. The van der Waals surface area contributed by atoms with E-state index in [0.29, 0.717) is 12.2 Å². The van der Waals surface area contributed by atoms with Gasteiger partial charge >= 0.3 is 0 Å². The van der Waals surface area contributed by atoms with Gasteiger partial charge in [0.25, 0.3) is 0 Å². The number of benzene rings is 1. The lowest BCUT2D eigenvalue weighted by atomic mass is 10.2. The van der Waals surface area contributed by atoms with E-state index in [4.69, 9.17) is 5.73 Å². The first-order valence-corrected chi connectivity index (χ1v) is 4.40. The predicted octanol–water partition coefficient (Wildman–Crippen LogP) is 1.81. The lowest BCUT2D eigenvalue weighted by molar-refractivity contribution is -0.116. The number of hydrogen-bond donors (Lipinski definition) is 1. The molecular formula is C11H14N2O. The van der Waals surface area contributed by atoms with Gasteiger partial charge in [0.15, 0.2) is 0 Å². The largest absolute Gasteiger partial charge is 0.397 e. The second-order valence-electron chi connectivity index (χ2n) is 2.98. The molecule has 0 spiro atoms. The first-order valence-electron chi connectivity index (χ1n) is 4.40. The van der Waals surface area contributed by atoms with E-state index in [2.05, 4.69) is 6.58 Å². The number of nitrogens with two attached hydrogens (primary N) is 1. The second kappa shape index (κ2) is 4.46. The Hall–Kier alpha value is -1.77. The zero-order chi connectivity index (χ0) is 10.6. The van der Waals surface area contributed by atoms with Crippen molar-refractivity contribution >= 4 is 17.3 Å². The van der Waals surface area contributed by atoms with Crippen molar-refractivity contribution in [2.75, 3.05) is 17.2 Å². The van der Waals surface area contributed by atoms with E-state index in [1.807, 2.05) is 18.2 Å². The normalized spacial score (nSPS) is 9.50. The maximum Gasteiger partial charge on any atom is 0.224 e. The zero-order valence-corrected chi connectivity index (χ0v) is 8.23. The van der Waals surface area contributed by atoms with Crippen LogP contribution in [0.1, 0.15) is 6.92 Å². The minimum atomic E-state index is -0.0391. The molecule has 1 rings (SSSR count). The number of hydrogen-bond acceptors (Lipinski definition) is 2. The predicted molar refractivity (Wildman–Crippen MR) is 59.1 cm³/mol. The number of anilines is 2. The van der Waals surface area contributed by atoms with Crippen LogP contribution in [-0.2, 0) is 4.79 Å². The summed E-state index contributed by atoms with van der Waals surface area (Å²) in [4.78, 5) is 12.9. The third kappa shape index (κ3) is 2.13. The molecule has 3 heteroatoms. The number of nitrogens with zero attached hydrogens (tertiary/aromatic N) is 1. The Morgan fingerprint density at radius 2 is 2.21 bits per heavy atom. The van der Waals surface area contributed by atoms with E-state index in [1.165, 1.54) is 6.92 Å². The van der Waals surface area contributed by atoms with Gasteiger partial charge < -0.3 is 10.6 Å². The van der Waals surface area contributed by atoms with Crippen molar-refractivity contribution in [1.82, 2.24) is 0 Å². The third-order valence-corrected chi connectivity index (χ3v) is 1.92. The molecule has 0 bridgehead atoms. The van der Waals surface area contributed by atoms with Gasteiger partial charge in [-0.25, -0.2) is 0 Å². The molecule has 0 aliphatic heterocycles. The Kier molecular flexibility index (Phi) is 3.29. The zero-order valence-electron chi connectivity index (χ0n) is 8.23. The van der Waals surface area contributed by atoms with Crippen LogP contribution in [0.2, 0.25) is 0 Å². The summed E-state index contributed by atoms with van der Waals surface area (Å²) in [5, 5.41) is 0. The highest BCUT2D eigenvalue weighted by Crippen LogP contribution is 2.22. The third-order valence-electron chi connectivity index (χ3n) is 1.92. The van der Waals surface area contributed by atoms with Crippen LogP contribution in [0.25, 0.3) is 0 Å². The molecule has 0 atom stereocenters. The van der Waals surface area contributed by atoms with E-state index in [9.17, 15) is 4.79 Å². The van der Waals surface area contributed by atoms with Gasteiger partial charge in [-0.3, -0.25) is 4.79 Å². The molecular weight excluding hydrogens is 176 g/mol. The Morgan fingerprint density at radius 3 is 2.71 bits per heavy atom. The summed E-state index contributed by atoms with van der Waals surface area (Å²) in [6.07, 6.45) is 1.67. The number of amides is 1. The topological polar surface area (TPSA) is 46.3 Å². The van der Waals surface area contributed by atoms with Gasteiger partial charge in [-0.1, -0.05) is 18.2 Å². The maximum absolute atomic E-state index is 11.3. The second-order valence-corrected chi connectivity index (χ2v) is 2.98. The summed E-state index contributed by atoms with van der Waals surface area (Å²) in [6.45, 7) is 5.59. The molecule has 0 saturated carbocycles. The highest BCUT2D eigenvalue weighted by molar-refractivity contribution is 5.94. The average Bonchev–Trinajstić information content (AvgIpc) is 2.15. The van der Waals surface area contributed by atoms with E-state index in [-0.39, 0.29) is 5.91 Å². The first kappa shape index (κ1) is 10.3. The Balaban J connectivity index is 3.04. The Labute approximate surface area is 83.8 Å². The average molecular weight is 190 g/mol. The van der Waals surface area contributed by atoms with Crippen molar-refractivity contribution in [3.05, 3.63) is 36.9 Å². The van der Waals surface area contributed by atoms with Crippen molar-refractivity contribution < 1.29 is 4.79 Å². The Bertz CT molecular complexity index is 347. The molecule has 14 heavy (non-hydrogen) atoms. The fourth-order valence-electron chi connectivity index (χ4n) is 1.26. The number of nitrogen functional groups attached to an aromatic ring is 1. The molecule has 1 aromatic rings. The van der Waals surface area contributed by atoms with Crippen molar-refractivity contribution in [3.8, 4) is 0 Å². The molecule has 74 valence electrons. The molecule has 2 N–H and O–H groups in total. The van der Waals surface area contributed by atoms with Crippen LogP contribution < -0.4 is 10.6 Å². The monoisotopic (exact) mass is 190 g/mol. The minimum absolute atomic E-state index is 0.0391. The van der Waals surface area contributed by atoms with Crippen LogP contribution in [0.5, 0.6) is 0 Å². The molecule has 1 aromatic carbocycles. The summed E-state index contributed by atoms with van der Waals surface area (Å²) < 4.78 is 0. The van der Waals surface area contributed by atoms with Crippen LogP contribution in [0, 0.1) is 0 Å². The smallest absolute Gasteiger partial charge is 0.224 e. The van der Waals surface area contributed by atoms with Gasteiger partial charge in [-0.05, 0) is 12.1 Å². The number of para-hydroxylation sites is 2. The molecule has 0 radical (unpaired) electrons. The van der Waals surface area contributed by atoms with Gasteiger partial charge in [0.2, 0.25) is 5.91 Å². The van der Waals surface area contributed by atoms with Crippen LogP contribution in [0.3, 0.4) is 0 Å². The molecule has 0 aliphatic rings. The van der Waals surface area contributed by atoms with Gasteiger partial charge in [-0.2, -0.15) is 0 Å². The number of carbonyl (C=O) groups is 1. The minimum Gasteiger partial charge on any atom is -0.397 e. The van der Waals surface area contributed by atoms with Gasteiger partial charge in [-0.15, -0.1) is 6.58 Å². The molecule has 0 aliphatic carbocycles. The van der Waals surface area contributed by atoms with Crippen molar-refractivity contribution in [1.29, 1.82) is 0 Å². The molecule has 1 amide bonds. The summed E-state index contributed by atoms with van der Waals surface area (Å²) in [6, 6.07) is 7.28. The van der Waals surface area contributed by atoms with E-state index in [1.54, 1.807) is 17.0 Å². The van der Waals surface area contributed by atoms with Crippen LogP contribution in [0.15, 0.2) is 36.9 Å². The van der Waals surface area contributed by atoms with Gasteiger partial charge in [0.05, 0.1) is 11.4 Å². The number of carbonyl (C=O) groups excluding carboxylic acids is 1. The summed E-state index contributed by atoms with van der Waals surface area (Å²) in [5.41, 5.74) is 7.10. The van der Waals surface area contributed by atoms with Crippen LogP contribution in [0.4, 0.5) is 11.4 Å². The van der Waals surface area contributed by atoms with Crippen LogP contribution >= 0.6 is 0 Å². The summed E-state index contributed by atoms with van der Waals surface area (Å²) >= 11 is 0. The van der Waals surface area contributed by atoms with E-state index >= 15 is 0 Å². The number of rotatable bonds is 3. The fraction of sp³-hybridized carbons (Fsp3) is 0.182. The fourth-order valence-corrected chi connectivity index (χ4v) is 1.26. The molecule has 0 aromatic heterocycles. The van der Waals surface area contributed by atoms with Crippen molar-refractivity contribution in [2.24, 2.45) is 0 Å². The Morgan fingerprint density at radius 1 is 1.57 bits per heavy atom. The molecule has 0 unspecified atom stereocenters. The molecule has 0 heterocycles.